The van der Waals surface area contributed by atoms with Gasteiger partial charge in [-0.15, -0.1) is 0 Å². The fourth-order valence-electron chi connectivity index (χ4n) is 4.05. The number of likely N-dealkylation sites (N-methyl/N-ethyl adjacent to an activating group) is 1. The van der Waals surface area contributed by atoms with Crippen LogP contribution in [0.1, 0.15) is 30.7 Å². The highest BCUT2D eigenvalue weighted by Crippen LogP contribution is 2.33. The number of nitrogens with zero attached hydrogens (tertiary/aromatic N) is 5. The maximum Gasteiger partial charge on any atom is 0.416 e. The number of halogens is 4. The molecular weight excluding hydrogens is 493 g/mol. The molecule has 2 aromatic heterocycles. The lowest BCUT2D eigenvalue weighted by Gasteiger charge is -2.30. The molecule has 4 rings (SSSR count). The van der Waals surface area contributed by atoms with E-state index in [1.807, 2.05) is 4.90 Å². The molecule has 0 atom stereocenters. The smallest absolute Gasteiger partial charge is 0.416 e. The van der Waals surface area contributed by atoms with Crippen molar-refractivity contribution in [2.45, 2.75) is 33.0 Å². The topological polar surface area (TPSA) is 66.4 Å². The number of aromatic nitrogens is 3. The van der Waals surface area contributed by atoms with Gasteiger partial charge in [0.15, 0.2) is 0 Å². The third kappa shape index (κ3) is 6.17. The number of pyridine rings is 1. The lowest BCUT2D eigenvalue weighted by atomic mass is 10.1. The molecule has 0 saturated carbocycles. The minimum Gasteiger partial charge on any atom is -0.462 e. The Balaban J connectivity index is 1.61. The minimum absolute atomic E-state index is 0.212. The molecule has 0 bridgehead atoms. The summed E-state index contributed by atoms with van der Waals surface area (Å²) in [4.78, 5) is 17.9. The molecule has 0 unspecified atom stereocenters. The van der Waals surface area contributed by atoms with Gasteiger partial charge in [-0.3, -0.25) is 0 Å². The average molecular weight is 521 g/mol. The quantitative estimate of drug-likeness (QED) is 0.395. The van der Waals surface area contributed by atoms with Gasteiger partial charge in [0.25, 0.3) is 0 Å². The third-order valence-corrected chi connectivity index (χ3v) is 6.39. The zero-order valence-corrected chi connectivity index (χ0v) is 20.9. The van der Waals surface area contributed by atoms with E-state index in [9.17, 15) is 13.2 Å². The Hall–Kier alpha value is -3.11. The Labute approximate surface area is 213 Å². The monoisotopic (exact) mass is 520 g/mol. The number of nitrogens with one attached hydrogen (secondary N) is 1. The average Bonchev–Trinajstić information content (AvgIpc) is 2.86. The fraction of sp³-hybridized carbons (Fsp3) is 0.400. The van der Waals surface area contributed by atoms with Crippen LogP contribution in [0.4, 0.5) is 30.5 Å². The van der Waals surface area contributed by atoms with Crippen LogP contribution in [0.2, 0.25) is 5.02 Å². The number of fused-ring (bicyclic) bond motifs is 1. The highest BCUT2D eigenvalue weighted by molar-refractivity contribution is 6.32. The van der Waals surface area contributed by atoms with Gasteiger partial charge in [0.1, 0.15) is 18.2 Å². The largest absolute Gasteiger partial charge is 0.462 e. The molecule has 3 aromatic rings. The SMILES string of the molecule is CCN(CC)CCOc1nc2c(c(Nc3ccc(C(F)(F)F)cc3)n1)CCN(c1ncccc1Cl)C2. The Morgan fingerprint density at radius 2 is 1.86 bits per heavy atom. The molecule has 7 nitrogen and oxygen atoms in total. The van der Waals surface area contributed by atoms with E-state index in [0.717, 1.165) is 43.0 Å². The van der Waals surface area contributed by atoms with E-state index in [4.69, 9.17) is 16.3 Å². The molecule has 11 heteroatoms. The van der Waals surface area contributed by atoms with E-state index >= 15 is 0 Å². The molecule has 1 aliphatic rings. The van der Waals surface area contributed by atoms with Gasteiger partial charge in [0.05, 0.1) is 22.8 Å². The van der Waals surface area contributed by atoms with Gasteiger partial charge in [-0.05, 0) is 55.9 Å². The molecule has 0 amide bonds. The molecule has 1 aromatic carbocycles. The summed E-state index contributed by atoms with van der Waals surface area (Å²) in [5.41, 5.74) is 1.42. The molecule has 0 spiro atoms. The summed E-state index contributed by atoms with van der Waals surface area (Å²) >= 11 is 6.37. The number of alkyl halides is 3. The number of anilines is 3. The van der Waals surface area contributed by atoms with Gasteiger partial charge in [-0.1, -0.05) is 25.4 Å². The highest BCUT2D eigenvalue weighted by Gasteiger charge is 2.30. The van der Waals surface area contributed by atoms with Gasteiger partial charge in [0, 0.05) is 30.5 Å². The summed E-state index contributed by atoms with van der Waals surface area (Å²) in [7, 11) is 0. The van der Waals surface area contributed by atoms with Crippen molar-refractivity contribution in [1.29, 1.82) is 0 Å². The Morgan fingerprint density at radius 1 is 1.11 bits per heavy atom. The lowest BCUT2D eigenvalue weighted by Crippen LogP contribution is -2.33. The second-order valence-corrected chi connectivity index (χ2v) is 8.74. The summed E-state index contributed by atoms with van der Waals surface area (Å²) in [6, 6.07) is 8.65. The zero-order chi connectivity index (χ0) is 25.7. The molecule has 1 N–H and O–H groups in total. The van der Waals surface area contributed by atoms with Gasteiger partial charge in [-0.2, -0.15) is 23.1 Å². The second-order valence-electron chi connectivity index (χ2n) is 8.34. The molecule has 0 saturated heterocycles. The van der Waals surface area contributed by atoms with Crippen LogP contribution in [0.25, 0.3) is 0 Å². The third-order valence-electron chi connectivity index (χ3n) is 6.09. The first-order valence-corrected chi connectivity index (χ1v) is 12.2. The first-order chi connectivity index (χ1) is 17.3. The van der Waals surface area contributed by atoms with Crippen LogP contribution < -0.4 is 15.0 Å². The normalized spacial score (nSPS) is 13.6. The summed E-state index contributed by atoms with van der Waals surface area (Å²) in [6.45, 7) is 8.21. The van der Waals surface area contributed by atoms with E-state index < -0.39 is 11.7 Å². The van der Waals surface area contributed by atoms with Crippen LogP contribution in [0, 0.1) is 0 Å². The van der Waals surface area contributed by atoms with E-state index in [1.165, 1.54) is 12.1 Å². The predicted octanol–water partition coefficient (Wildman–Crippen LogP) is 5.57. The molecule has 3 heterocycles. The number of rotatable bonds is 9. The molecule has 192 valence electrons. The van der Waals surface area contributed by atoms with E-state index in [2.05, 4.69) is 39.0 Å². The van der Waals surface area contributed by atoms with Crippen LogP contribution in [0.3, 0.4) is 0 Å². The maximum atomic E-state index is 13.0. The van der Waals surface area contributed by atoms with Crippen molar-refractivity contribution in [3.8, 4) is 6.01 Å². The van der Waals surface area contributed by atoms with Crippen LogP contribution in [-0.4, -0.2) is 52.6 Å². The van der Waals surface area contributed by atoms with Crippen molar-refractivity contribution in [2.75, 3.05) is 43.0 Å². The van der Waals surface area contributed by atoms with E-state index in [1.54, 1.807) is 18.3 Å². The molecule has 0 aliphatic carbocycles. The van der Waals surface area contributed by atoms with Gasteiger partial charge >= 0.3 is 12.2 Å². The van der Waals surface area contributed by atoms with Crippen LogP contribution in [-0.2, 0) is 19.1 Å². The molecule has 0 fully saturated rings. The number of hydrogen-bond donors (Lipinski definition) is 1. The van der Waals surface area contributed by atoms with Crippen molar-refractivity contribution >= 4 is 28.9 Å². The van der Waals surface area contributed by atoms with Crippen molar-refractivity contribution in [1.82, 2.24) is 19.9 Å². The van der Waals surface area contributed by atoms with Crippen LogP contribution in [0.5, 0.6) is 6.01 Å². The molecular formula is C25H28ClF3N6O. The van der Waals surface area contributed by atoms with Crippen LogP contribution >= 0.6 is 11.6 Å². The van der Waals surface area contributed by atoms with Crippen molar-refractivity contribution in [3.05, 3.63) is 64.4 Å². The number of hydrogen-bond acceptors (Lipinski definition) is 7. The first-order valence-electron chi connectivity index (χ1n) is 11.8. The summed E-state index contributed by atoms with van der Waals surface area (Å²) < 4.78 is 44.8. The second kappa shape index (κ2) is 11.3. The Kier molecular flexibility index (Phi) is 8.15. The first kappa shape index (κ1) is 26.0. The minimum atomic E-state index is -4.39. The van der Waals surface area contributed by atoms with Crippen LogP contribution in [0.15, 0.2) is 42.6 Å². The van der Waals surface area contributed by atoms with E-state index in [-0.39, 0.29) is 6.01 Å². The number of ether oxygens (including phenoxy) is 1. The van der Waals surface area contributed by atoms with E-state index in [0.29, 0.717) is 48.5 Å². The molecule has 0 radical (unpaired) electrons. The van der Waals surface area contributed by atoms with Crippen molar-refractivity contribution in [2.24, 2.45) is 0 Å². The highest BCUT2D eigenvalue weighted by atomic mass is 35.5. The fourth-order valence-corrected chi connectivity index (χ4v) is 4.29. The summed E-state index contributed by atoms with van der Waals surface area (Å²) in [5.74, 6) is 1.19. The van der Waals surface area contributed by atoms with Gasteiger partial charge in [-0.25, -0.2) is 4.98 Å². The maximum absolute atomic E-state index is 13.0. The van der Waals surface area contributed by atoms with Gasteiger partial charge < -0.3 is 19.9 Å². The zero-order valence-electron chi connectivity index (χ0n) is 20.1. The standard InChI is InChI=1S/C25H28ClF3N6O/c1-3-34(4-2)14-15-36-24-32-21-16-35(23-20(26)6-5-12-30-23)13-11-19(21)22(33-24)31-18-9-7-17(8-10-18)25(27,28)29/h5-10,12H,3-4,11,13-16H2,1-2H3,(H,31,32,33). The van der Waals surface area contributed by atoms with Crippen molar-refractivity contribution < 1.29 is 17.9 Å². The number of benzene rings is 1. The Bertz CT molecular complexity index is 1170. The summed E-state index contributed by atoms with van der Waals surface area (Å²) in [6.07, 6.45) is -2.10. The Morgan fingerprint density at radius 3 is 2.53 bits per heavy atom. The predicted molar refractivity (Wildman–Crippen MR) is 134 cm³/mol. The van der Waals surface area contributed by atoms with Crippen molar-refractivity contribution in [3.63, 3.8) is 0 Å². The van der Waals surface area contributed by atoms with Gasteiger partial charge in [0.2, 0.25) is 0 Å². The summed E-state index contributed by atoms with van der Waals surface area (Å²) in [5, 5.41) is 3.72. The molecule has 36 heavy (non-hydrogen) atoms. The molecule has 1 aliphatic heterocycles. The lowest BCUT2D eigenvalue weighted by molar-refractivity contribution is -0.137.